The lowest BCUT2D eigenvalue weighted by molar-refractivity contribution is 0.466. The Morgan fingerprint density at radius 3 is 2.64 bits per heavy atom. The molecule has 0 aromatic rings. The average molecular weight is 152 g/mol. The second-order valence-electron chi connectivity index (χ2n) is 3.12. The summed E-state index contributed by atoms with van der Waals surface area (Å²) in [5, 5.41) is 0. The molecule has 1 rings (SSSR count). The summed E-state index contributed by atoms with van der Waals surface area (Å²) in [7, 11) is 0. The molecular formula is C10H18N. The van der Waals surface area contributed by atoms with Crippen LogP contribution in [0.5, 0.6) is 0 Å². The molecule has 0 aromatic carbocycles. The van der Waals surface area contributed by atoms with Gasteiger partial charge in [-0.15, -0.1) is 0 Å². The molecular weight excluding hydrogens is 134 g/mol. The number of nitrogens with zero attached hydrogens (tertiary/aromatic N) is 1. The summed E-state index contributed by atoms with van der Waals surface area (Å²) in [5.74, 6) is 0. The third-order valence-electron chi connectivity index (χ3n) is 2.08. The van der Waals surface area contributed by atoms with Crippen LogP contribution < -0.4 is 0 Å². The van der Waals surface area contributed by atoms with Gasteiger partial charge in [0.15, 0.2) is 0 Å². The molecule has 1 nitrogen and oxygen atoms in total. The summed E-state index contributed by atoms with van der Waals surface area (Å²) in [5.41, 5.74) is 0. The third kappa shape index (κ3) is 3.45. The smallest absolute Gasteiger partial charge is 0.0173 e. The summed E-state index contributed by atoms with van der Waals surface area (Å²) in [4.78, 5) is 2.41. The van der Waals surface area contributed by atoms with Gasteiger partial charge in [0, 0.05) is 13.1 Å². The Morgan fingerprint density at radius 2 is 2.00 bits per heavy atom. The minimum Gasteiger partial charge on any atom is -0.378 e. The number of hydrogen-bond donors (Lipinski definition) is 0. The number of allylic oxidation sites excluding steroid dienone is 1. The maximum absolute atomic E-state index is 3.81. The Labute approximate surface area is 70.1 Å². The predicted molar refractivity (Wildman–Crippen MR) is 49.2 cm³/mol. The molecule has 1 saturated heterocycles. The summed E-state index contributed by atoms with van der Waals surface area (Å²) in [6, 6.07) is 0. The molecule has 1 heteroatoms. The van der Waals surface area contributed by atoms with Crippen molar-refractivity contribution in [2.75, 3.05) is 13.1 Å². The van der Waals surface area contributed by atoms with Gasteiger partial charge in [0.1, 0.15) is 0 Å². The fourth-order valence-corrected chi connectivity index (χ4v) is 1.38. The van der Waals surface area contributed by atoms with Gasteiger partial charge in [-0.05, 0) is 31.9 Å². The van der Waals surface area contributed by atoms with E-state index in [1.807, 2.05) is 0 Å². The predicted octanol–water partition coefficient (Wildman–Crippen LogP) is 2.60. The Bertz CT molecular complexity index is 112. The fourth-order valence-electron chi connectivity index (χ4n) is 1.38. The van der Waals surface area contributed by atoms with Crippen molar-refractivity contribution in [1.29, 1.82) is 0 Å². The zero-order chi connectivity index (χ0) is 7.94. The molecule has 1 fully saturated rings. The first-order chi connectivity index (χ1) is 5.43. The standard InChI is InChI=1S/C10H18N/c1-2-3-4-5-8-11-9-6-7-10-11/h5,8H,1-4,6-7,9-10H2/b8-5+. The second kappa shape index (κ2) is 5.22. The quantitative estimate of drug-likeness (QED) is 0.560. The van der Waals surface area contributed by atoms with Gasteiger partial charge < -0.3 is 4.90 Å². The minimum absolute atomic E-state index is 1.06. The van der Waals surface area contributed by atoms with Crippen LogP contribution in [-0.2, 0) is 0 Å². The van der Waals surface area contributed by atoms with E-state index in [-0.39, 0.29) is 0 Å². The van der Waals surface area contributed by atoms with Crippen LogP contribution in [0.25, 0.3) is 0 Å². The summed E-state index contributed by atoms with van der Waals surface area (Å²) < 4.78 is 0. The zero-order valence-corrected chi connectivity index (χ0v) is 7.26. The summed E-state index contributed by atoms with van der Waals surface area (Å²) >= 11 is 0. The zero-order valence-electron chi connectivity index (χ0n) is 7.26. The van der Waals surface area contributed by atoms with Crippen molar-refractivity contribution < 1.29 is 0 Å². The number of rotatable bonds is 4. The highest BCUT2D eigenvalue weighted by Gasteiger charge is 2.05. The van der Waals surface area contributed by atoms with E-state index in [9.17, 15) is 0 Å². The van der Waals surface area contributed by atoms with E-state index < -0.39 is 0 Å². The van der Waals surface area contributed by atoms with Gasteiger partial charge >= 0.3 is 0 Å². The van der Waals surface area contributed by atoms with E-state index in [1.54, 1.807) is 0 Å². The number of likely N-dealkylation sites (tertiary alicyclic amines) is 1. The molecule has 0 unspecified atom stereocenters. The first-order valence-electron chi connectivity index (χ1n) is 4.63. The van der Waals surface area contributed by atoms with E-state index in [4.69, 9.17) is 0 Å². The number of unbranched alkanes of at least 4 members (excludes halogenated alkanes) is 2. The highest BCUT2D eigenvalue weighted by molar-refractivity contribution is 4.84. The molecule has 1 aliphatic heterocycles. The Balaban J connectivity index is 2.03. The van der Waals surface area contributed by atoms with E-state index in [0.29, 0.717) is 0 Å². The van der Waals surface area contributed by atoms with Gasteiger partial charge in [-0.1, -0.05) is 19.4 Å². The first kappa shape index (κ1) is 8.63. The SMILES string of the molecule is [CH2]CCC/C=C/N1CCCC1. The molecule has 0 amide bonds. The second-order valence-corrected chi connectivity index (χ2v) is 3.12. The molecule has 0 saturated carbocycles. The van der Waals surface area contributed by atoms with Crippen LogP contribution in [0.1, 0.15) is 32.1 Å². The van der Waals surface area contributed by atoms with Crippen LogP contribution in [0.2, 0.25) is 0 Å². The summed E-state index contributed by atoms with van der Waals surface area (Å²) in [6.07, 6.45) is 10.8. The molecule has 1 heterocycles. The van der Waals surface area contributed by atoms with Gasteiger partial charge in [-0.2, -0.15) is 0 Å². The molecule has 0 bridgehead atoms. The third-order valence-corrected chi connectivity index (χ3v) is 2.08. The highest BCUT2D eigenvalue weighted by atomic mass is 15.1. The van der Waals surface area contributed by atoms with Gasteiger partial charge in [0.05, 0.1) is 0 Å². The lowest BCUT2D eigenvalue weighted by atomic mass is 10.2. The molecule has 11 heavy (non-hydrogen) atoms. The molecule has 0 aliphatic carbocycles. The highest BCUT2D eigenvalue weighted by Crippen LogP contribution is 2.07. The van der Waals surface area contributed by atoms with E-state index in [0.717, 1.165) is 6.42 Å². The van der Waals surface area contributed by atoms with Crippen molar-refractivity contribution in [3.05, 3.63) is 19.2 Å². The molecule has 0 atom stereocenters. The molecule has 0 spiro atoms. The van der Waals surface area contributed by atoms with Gasteiger partial charge in [0.25, 0.3) is 0 Å². The van der Waals surface area contributed by atoms with Crippen molar-refractivity contribution in [2.45, 2.75) is 32.1 Å². The maximum atomic E-state index is 3.81. The van der Waals surface area contributed by atoms with Crippen LogP contribution in [-0.4, -0.2) is 18.0 Å². The Morgan fingerprint density at radius 1 is 1.27 bits per heavy atom. The molecule has 1 aliphatic rings. The van der Waals surface area contributed by atoms with Gasteiger partial charge in [0.2, 0.25) is 0 Å². The van der Waals surface area contributed by atoms with Crippen LogP contribution >= 0.6 is 0 Å². The monoisotopic (exact) mass is 152 g/mol. The van der Waals surface area contributed by atoms with Gasteiger partial charge in [-0.3, -0.25) is 0 Å². The topological polar surface area (TPSA) is 3.24 Å². The lowest BCUT2D eigenvalue weighted by Gasteiger charge is -2.09. The normalized spacial score (nSPS) is 18.5. The van der Waals surface area contributed by atoms with Crippen LogP contribution in [0.15, 0.2) is 12.3 Å². The number of hydrogen-bond acceptors (Lipinski definition) is 1. The van der Waals surface area contributed by atoms with Crippen molar-refractivity contribution in [2.24, 2.45) is 0 Å². The van der Waals surface area contributed by atoms with E-state index in [2.05, 4.69) is 24.1 Å². The Kier molecular flexibility index (Phi) is 4.10. The van der Waals surface area contributed by atoms with Crippen molar-refractivity contribution in [3.8, 4) is 0 Å². The largest absolute Gasteiger partial charge is 0.378 e. The first-order valence-corrected chi connectivity index (χ1v) is 4.63. The van der Waals surface area contributed by atoms with Crippen molar-refractivity contribution in [3.63, 3.8) is 0 Å². The molecule has 0 N–H and O–H groups in total. The fraction of sp³-hybridized carbons (Fsp3) is 0.700. The van der Waals surface area contributed by atoms with Crippen LogP contribution in [0.3, 0.4) is 0 Å². The molecule has 1 radical (unpaired) electrons. The minimum atomic E-state index is 1.06. The average Bonchev–Trinajstić information content (AvgIpc) is 2.50. The summed E-state index contributed by atoms with van der Waals surface area (Å²) in [6.45, 7) is 6.34. The Hall–Kier alpha value is -0.460. The van der Waals surface area contributed by atoms with Gasteiger partial charge in [-0.25, -0.2) is 0 Å². The van der Waals surface area contributed by atoms with Crippen LogP contribution in [0.4, 0.5) is 0 Å². The van der Waals surface area contributed by atoms with Crippen LogP contribution in [0, 0.1) is 6.92 Å². The molecule has 63 valence electrons. The van der Waals surface area contributed by atoms with E-state index in [1.165, 1.54) is 38.8 Å². The maximum Gasteiger partial charge on any atom is 0.0173 e. The van der Waals surface area contributed by atoms with E-state index >= 15 is 0 Å². The molecule has 0 aromatic heterocycles. The van der Waals surface area contributed by atoms with Crippen molar-refractivity contribution >= 4 is 0 Å². The van der Waals surface area contributed by atoms with Crippen molar-refractivity contribution in [1.82, 2.24) is 4.90 Å². The lowest BCUT2D eigenvalue weighted by Crippen LogP contribution is -2.09.